The Labute approximate surface area is 371 Å². The SMILES string of the molecule is N#Cc1c(F)c(F)c(-c2cc(-c3ccc(-n4c5ccc(-c6nc7ccccc7o6)cc5c5cc(-c6nc7ccccc7o6)ccc54)cc3)cc(-c3c(F)c(F)c(C#N)c(F)c3F)c2)c(F)c1F. The molecule has 3 heterocycles. The summed E-state index contributed by atoms with van der Waals surface area (Å²) in [4.78, 5) is 9.37. The van der Waals surface area contributed by atoms with Crippen molar-refractivity contribution in [3.63, 3.8) is 0 Å². The van der Waals surface area contributed by atoms with Gasteiger partial charge in [-0.3, -0.25) is 0 Å². The molecule has 0 aliphatic heterocycles. The lowest BCUT2D eigenvalue weighted by molar-refractivity contribution is 0.454. The van der Waals surface area contributed by atoms with E-state index in [1.807, 2.05) is 89.5 Å². The fourth-order valence-corrected chi connectivity index (χ4v) is 8.41. The third-order valence-corrected chi connectivity index (χ3v) is 11.6. The molecule has 0 unspecified atom stereocenters. The zero-order chi connectivity index (χ0) is 46.4. The molecule has 11 aromatic rings. The molecule has 0 amide bonds. The minimum absolute atomic E-state index is 0.0832. The van der Waals surface area contributed by atoms with E-state index in [1.165, 1.54) is 12.1 Å². The number of fused-ring (bicyclic) bond motifs is 5. The molecule has 322 valence electrons. The second-order valence-electron chi connectivity index (χ2n) is 15.4. The van der Waals surface area contributed by atoms with E-state index in [0.29, 0.717) is 56.9 Å². The van der Waals surface area contributed by atoms with Gasteiger partial charge in [-0.1, -0.05) is 36.4 Å². The van der Waals surface area contributed by atoms with Gasteiger partial charge in [-0.05, 0) is 113 Å². The Balaban J connectivity index is 1.09. The van der Waals surface area contributed by atoms with Gasteiger partial charge in [0.25, 0.3) is 0 Å². The molecule has 15 heteroatoms. The van der Waals surface area contributed by atoms with Crippen LogP contribution in [-0.2, 0) is 0 Å². The van der Waals surface area contributed by atoms with Crippen LogP contribution < -0.4 is 0 Å². The van der Waals surface area contributed by atoms with Crippen LogP contribution in [0.5, 0.6) is 0 Å². The van der Waals surface area contributed by atoms with Crippen molar-refractivity contribution in [2.24, 2.45) is 0 Å². The number of hydrogen-bond acceptors (Lipinski definition) is 6. The van der Waals surface area contributed by atoms with Crippen molar-refractivity contribution < 1.29 is 44.0 Å². The first kappa shape index (κ1) is 40.7. The van der Waals surface area contributed by atoms with Crippen molar-refractivity contribution in [3.05, 3.63) is 185 Å². The van der Waals surface area contributed by atoms with Gasteiger partial charge in [-0.2, -0.15) is 10.5 Å². The second-order valence-corrected chi connectivity index (χ2v) is 15.4. The largest absolute Gasteiger partial charge is 0.436 e. The molecular formula is C52H21F8N5O2. The van der Waals surface area contributed by atoms with E-state index in [1.54, 1.807) is 12.1 Å². The summed E-state index contributed by atoms with van der Waals surface area (Å²) in [5.41, 5.74) is -1.21. The van der Waals surface area contributed by atoms with Gasteiger partial charge in [0.15, 0.2) is 57.7 Å². The number of benzene rings is 8. The highest BCUT2D eigenvalue weighted by molar-refractivity contribution is 6.11. The molecular weight excluding hydrogens is 879 g/mol. The molecule has 0 spiro atoms. The number of aromatic nitrogens is 3. The third-order valence-electron chi connectivity index (χ3n) is 11.6. The van der Waals surface area contributed by atoms with Crippen molar-refractivity contribution in [3.8, 4) is 74.1 Å². The van der Waals surface area contributed by atoms with Crippen LogP contribution in [0.1, 0.15) is 11.1 Å². The smallest absolute Gasteiger partial charge is 0.227 e. The molecule has 0 atom stereocenters. The molecule has 67 heavy (non-hydrogen) atoms. The highest BCUT2D eigenvalue weighted by Gasteiger charge is 2.30. The van der Waals surface area contributed by atoms with Gasteiger partial charge >= 0.3 is 0 Å². The molecule has 0 aliphatic carbocycles. The van der Waals surface area contributed by atoms with Crippen LogP contribution in [0.4, 0.5) is 35.1 Å². The third kappa shape index (κ3) is 6.31. The quantitative estimate of drug-likeness (QED) is 0.122. The number of oxazole rings is 2. The molecule has 8 aromatic carbocycles. The van der Waals surface area contributed by atoms with Crippen LogP contribution in [-0.4, -0.2) is 14.5 Å². The number of halogens is 8. The van der Waals surface area contributed by atoms with Crippen LogP contribution in [0, 0.1) is 69.2 Å². The molecule has 0 saturated heterocycles. The maximum atomic E-state index is 15.6. The molecule has 0 aliphatic rings. The topological polar surface area (TPSA) is 105 Å². The monoisotopic (exact) mass is 899 g/mol. The molecule has 0 bridgehead atoms. The fraction of sp³-hybridized carbons (Fsp3) is 0. The first-order chi connectivity index (χ1) is 32.4. The van der Waals surface area contributed by atoms with Gasteiger partial charge in [0.1, 0.15) is 34.3 Å². The van der Waals surface area contributed by atoms with Gasteiger partial charge in [-0.15, -0.1) is 0 Å². The van der Waals surface area contributed by atoms with Crippen molar-refractivity contribution in [1.29, 1.82) is 10.5 Å². The van der Waals surface area contributed by atoms with E-state index in [9.17, 15) is 28.1 Å². The zero-order valence-corrected chi connectivity index (χ0v) is 33.7. The summed E-state index contributed by atoms with van der Waals surface area (Å²) in [6.07, 6.45) is 0. The first-order valence-electron chi connectivity index (χ1n) is 20.0. The van der Waals surface area contributed by atoms with Crippen molar-refractivity contribution in [1.82, 2.24) is 14.5 Å². The number of hydrogen-bond donors (Lipinski definition) is 0. The number of rotatable bonds is 6. The van der Waals surface area contributed by atoms with Crippen molar-refractivity contribution in [2.45, 2.75) is 0 Å². The summed E-state index contributed by atoms with van der Waals surface area (Å²) in [7, 11) is 0. The Kier molecular flexibility index (Phi) is 9.28. The fourth-order valence-electron chi connectivity index (χ4n) is 8.41. The molecule has 7 nitrogen and oxygen atoms in total. The maximum absolute atomic E-state index is 15.6. The Morgan fingerprint density at radius 1 is 0.403 bits per heavy atom. The van der Waals surface area contributed by atoms with E-state index in [-0.39, 0.29) is 11.1 Å². The lowest BCUT2D eigenvalue weighted by Crippen LogP contribution is -2.06. The average molecular weight is 900 g/mol. The molecule has 11 rings (SSSR count). The van der Waals surface area contributed by atoms with E-state index < -0.39 is 79.9 Å². The Bertz CT molecular complexity index is 3660. The summed E-state index contributed by atoms with van der Waals surface area (Å²) < 4.78 is 136. The second kappa shape index (κ2) is 15.3. The van der Waals surface area contributed by atoms with E-state index in [4.69, 9.17) is 8.83 Å². The average Bonchev–Trinajstić information content (AvgIpc) is 4.07. The van der Waals surface area contributed by atoms with Gasteiger partial charge < -0.3 is 13.4 Å². The Hall–Kier alpha value is -9.08. The minimum Gasteiger partial charge on any atom is -0.436 e. The van der Waals surface area contributed by atoms with Crippen molar-refractivity contribution in [2.75, 3.05) is 0 Å². The predicted molar refractivity (Wildman–Crippen MR) is 232 cm³/mol. The van der Waals surface area contributed by atoms with Crippen LogP contribution in [0.15, 0.2) is 136 Å². The zero-order valence-electron chi connectivity index (χ0n) is 33.7. The Morgan fingerprint density at radius 2 is 0.791 bits per heavy atom. The highest BCUT2D eigenvalue weighted by Crippen LogP contribution is 2.42. The summed E-state index contributed by atoms with van der Waals surface area (Å²) in [6.45, 7) is 0. The van der Waals surface area contributed by atoms with Gasteiger partial charge in [-0.25, -0.2) is 45.1 Å². The van der Waals surface area contributed by atoms with Gasteiger partial charge in [0, 0.05) is 27.6 Å². The normalized spacial score (nSPS) is 11.6. The van der Waals surface area contributed by atoms with Crippen LogP contribution in [0.25, 0.3) is 106 Å². The summed E-state index contributed by atoms with van der Waals surface area (Å²) in [5.74, 6) is -15.5. The van der Waals surface area contributed by atoms with Crippen LogP contribution in [0.3, 0.4) is 0 Å². The number of nitriles is 2. The Morgan fingerprint density at radius 3 is 1.19 bits per heavy atom. The maximum Gasteiger partial charge on any atom is 0.227 e. The summed E-state index contributed by atoms with van der Waals surface area (Å²) in [5, 5.41) is 19.9. The lowest BCUT2D eigenvalue weighted by atomic mass is 9.91. The van der Waals surface area contributed by atoms with E-state index in [0.717, 1.165) is 46.1 Å². The molecule has 3 aromatic heterocycles. The van der Waals surface area contributed by atoms with Crippen LogP contribution in [0.2, 0.25) is 0 Å². The van der Waals surface area contributed by atoms with Gasteiger partial charge in [0.05, 0.1) is 22.2 Å². The van der Waals surface area contributed by atoms with Crippen LogP contribution >= 0.6 is 0 Å². The molecule has 0 N–H and O–H groups in total. The number of nitrogens with zero attached hydrogens (tertiary/aromatic N) is 5. The predicted octanol–water partition coefficient (Wildman–Crippen LogP) is 14.3. The molecule has 0 saturated carbocycles. The first-order valence-corrected chi connectivity index (χ1v) is 20.0. The standard InChI is InChI=1S/C52H21F8N5O2/c53-43-33(22-61)44(54)48(58)41(47(43)57)28-17-27(18-29(19-28)42-49(59)45(55)34(23-62)46(56)50(42)60)24-9-13-30(14-10-24)65-37-15-11-25(51-63-35-5-1-3-7-39(35)66-51)20-31(37)32-21-26(12-16-38(32)65)52-64-36-6-2-4-8-40(36)67-52/h1-21H. The van der Waals surface area contributed by atoms with Gasteiger partial charge in [0.2, 0.25) is 11.8 Å². The number of para-hydroxylation sites is 4. The minimum atomic E-state index is -2.05. The summed E-state index contributed by atoms with van der Waals surface area (Å²) >= 11 is 0. The lowest BCUT2D eigenvalue weighted by Gasteiger charge is -2.16. The van der Waals surface area contributed by atoms with E-state index >= 15 is 17.6 Å². The molecule has 0 radical (unpaired) electrons. The molecule has 0 fully saturated rings. The summed E-state index contributed by atoms with van der Waals surface area (Å²) in [6, 6.07) is 37.3. The highest BCUT2D eigenvalue weighted by atomic mass is 19.2. The van der Waals surface area contributed by atoms with Crippen molar-refractivity contribution >= 4 is 44.0 Å². The van der Waals surface area contributed by atoms with E-state index in [2.05, 4.69) is 9.97 Å².